The van der Waals surface area contributed by atoms with Gasteiger partial charge in [0.25, 0.3) is 5.56 Å². The zero-order valence-corrected chi connectivity index (χ0v) is 11.0. The van der Waals surface area contributed by atoms with Crippen LogP contribution >= 0.6 is 15.9 Å². The Morgan fingerprint density at radius 1 is 1.00 bits per heavy atom. The van der Waals surface area contributed by atoms with Gasteiger partial charge in [0.2, 0.25) is 0 Å². The molecule has 0 radical (unpaired) electrons. The van der Waals surface area contributed by atoms with Gasteiger partial charge in [-0.15, -0.1) is 0 Å². The number of halogens is 1. The van der Waals surface area contributed by atoms with Crippen molar-refractivity contribution in [3.8, 4) is 5.69 Å². The third-order valence-electron chi connectivity index (χ3n) is 2.78. The van der Waals surface area contributed by atoms with Gasteiger partial charge in [0.1, 0.15) is 6.33 Å². The van der Waals surface area contributed by atoms with Gasteiger partial charge in [-0.05, 0) is 40.2 Å². The zero-order valence-electron chi connectivity index (χ0n) is 9.38. The normalized spacial score (nSPS) is 10.7. The van der Waals surface area contributed by atoms with E-state index in [0.717, 1.165) is 10.2 Å². The molecule has 4 heteroatoms. The molecule has 1 aromatic heterocycles. The highest BCUT2D eigenvalue weighted by atomic mass is 79.9. The van der Waals surface area contributed by atoms with Crippen molar-refractivity contribution >= 4 is 26.8 Å². The lowest BCUT2D eigenvalue weighted by Gasteiger charge is -2.08. The smallest absolute Gasteiger partial charge is 0.265 e. The number of rotatable bonds is 1. The van der Waals surface area contributed by atoms with Gasteiger partial charge >= 0.3 is 0 Å². The fourth-order valence-corrected chi connectivity index (χ4v) is 2.36. The van der Waals surface area contributed by atoms with Crippen LogP contribution in [0.5, 0.6) is 0 Å². The van der Waals surface area contributed by atoms with Gasteiger partial charge in [-0.3, -0.25) is 9.36 Å². The molecule has 0 atom stereocenters. The van der Waals surface area contributed by atoms with Crippen molar-refractivity contribution in [3.05, 3.63) is 69.7 Å². The van der Waals surface area contributed by atoms with Crippen molar-refractivity contribution in [3.63, 3.8) is 0 Å². The lowest BCUT2D eigenvalue weighted by molar-refractivity contribution is 0.958. The first kappa shape index (κ1) is 11.2. The van der Waals surface area contributed by atoms with Crippen LogP contribution in [-0.4, -0.2) is 9.55 Å². The largest absolute Gasteiger partial charge is 0.268 e. The molecule has 0 saturated carbocycles. The van der Waals surface area contributed by atoms with E-state index in [-0.39, 0.29) is 5.56 Å². The standard InChI is InChI=1S/C14H9BrN2O/c15-11-6-2-4-8-13(11)17-9-16-12-7-3-1-5-10(12)14(17)18/h1-9H. The predicted octanol–water partition coefficient (Wildman–Crippen LogP) is 3.15. The van der Waals surface area contributed by atoms with Crippen LogP contribution in [0.2, 0.25) is 0 Å². The van der Waals surface area contributed by atoms with Crippen LogP contribution in [0.3, 0.4) is 0 Å². The van der Waals surface area contributed by atoms with Crippen molar-refractivity contribution < 1.29 is 0 Å². The Labute approximate surface area is 112 Å². The van der Waals surface area contributed by atoms with Gasteiger partial charge in [-0.2, -0.15) is 0 Å². The van der Waals surface area contributed by atoms with E-state index in [1.807, 2.05) is 42.5 Å². The molecule has 0 N–H and O–H groups in total. The summed E-state index contributed by atoms with van der Waals surface area (Å²) in [5, 5.41) is 0.621. The highest BCUT2D eigenvalue weighted by Gasteiger charge is 2.07. The zero-order chi connectivity index (χ0) is 12.5. The Kier molecular flexibility index (Phi) is 2.72. The van der Waals surface area contributed by atoms with Crippen molar-refractivity contribution in [2.45, 2.75) is 0 Å². The first-order chi connectivity index (χ1) is 8.77. The Morgan fingerprint density at radius 3 is 2.56 bits per heavy atom. The van der Waals surface area contributed by atoms with Gasteiger partial charge in [-0.25, -0.2) is 4.98 Å². The number of para-hydroxylation sites is 2. The van der Waals surface area contributed by atoms with E-state index in [2.05, 4.69) is 20.9 Å². The predicted molar refractivity (Wildman–Crippen MR) is 75.0 cm³/mol. The highest BCUT2D eigenvalue weighted by Crippen LogP contribution is 2.19. The van der Waals surface area contributed by atoms with Crippen LogP contribution in [0.15, 0.2) is 64.1 Å². The summed E-state index contributed by atoms with van der Waals surface area (Å²) in [6.45, 7) is 0. The molecule has 0 spiro atoms. The minimum absolute atomic E-state index is 0.0625. The fraction of sp³-hybridized carbons (Fsp3) is 0. The molecule has 0 aliphatic carbocycles. The minimum Gasteiger partial charge on any atom is -0.268 e. The molecule has 88 valence electrons. The quantitative estimate of drug-likeness (QED) is 0.692. The average Bonchev–Trinajstić information content (AvgIpc) is 2.41. The third kappa shape index (κ3) is 1.75. The van der Waals surface area contributed by atoms with Gasteiger partial charge < -0.3 is 0 Å². The van der Waals surface area contributed by atoms with E-state index in [1.54, 1.807) is 17.0 Å². The Bertz CT molecular complexity index is 780. The van der Waals surface area contributed by atoms with E-state index in [1.165, 1.54) is 0 Å². The Balaban J connectivity index is 2.35. The van der Waals surface area contributed by atoms with Gasteiger partial charge in [0, 0.05) is 4.47 Å². The Hall–Kier alpha value is -1.94. The summed E-state index contributed by atoms with van der Waals surface area (Å²) in [7, 11) is 0. The number of aromatic nitrogens is 2. The molecular weight excluding hydrogens is 292 g/mol. The van der Waals surface area contributed by atoms with Crippen LogP contribution < -0.4 is 5.56 Å². The topological polar surface area (TPSA) is 34.9 Å². The van der Waals surface area contributed by atoms with Gasteiger partial charge in [-0.1, -0.05) is 24.3 Å². The second-order valence-electron chi connectivity index (χ2n) is 3.89. The monoisotopic (exact) mass is 300 g/mol. The molecule has 18 heavy (non-hydrogen) atoms. The van der Waals surface area contributed by atoms with Crippen molar-refractivity contribution in [1.82, 2.24) is 9.55 Å². The molecule has 0 unspecified atom stereocenters. The molecule has 0 aliphatic heterocycles. The summed E-state index contributed by atoms with van der Waals surface area (Å²) >= 11 is 3.44. The second kappa shape index (κ2) is 4.38. The summed E-state index contributed by atoms with van der Waals surface area (Å²) in [5.74, 6) is 0. The second-order valence-corrected chi connectivity index (χ2v) is 4.74. The number of benzene rings is 2. The molecule has 0 fully saturated rings. The van der Waals surface area contributed by atoms with Gasteiger partial charge in [0.15, 0.2) is 0 Å². The molecule has 0 bridgehead atoms. The Morgan fingerprint density at radius 2 is 1.72 bits per heavy atom. The van der Waals surface area contributed by atoms with E-state index in [4.69, 9.17) is 0 Å². The summed E-state index contributed by atoms with van der Waals surface area (Å²) in [5.41, 5.74) is 1.44. The average molecular weight is 301 g/mol. The maximum atomic E-state index is 12.4. The van der Waals surface area contributed by atoms with Crippen LogP contribution in [-0.2, 0) is 0 Å². The highest BCUT2D eigenvalue weighted by molar-refractivity contribution is 9.10. The van der Waals surface area contributed by atoms with Crippen molar-refractivity contribution in [2.75, 3.05) is 0 Å². The summed E-state index contributed by atoms with van der Waals surface area (Å²) in [6, 6.07) is 14.9. The van der Waals surface area contributed by atoms with E-state index in [9.17, 15) is 4.79 Å². The van der Waals surface area contributed by atoms with Gasteiger partial charge in [0.05, 0.1) is 16.6 Å². The van der Waals surface area contributed by atoms with E-state index < -0.39 is 0 Å². The molecule has 3 aromatic rings. The van der Waals surface area contributed by atoms with Crippen LogP contribution in [0.4, 0.5) is 0 Å². The van der Waals surface area contributed by atoms with Crippen LogP contribution in [0.25, 0.3) is 16.6 Å². The molecule has 2 aromatic carbocycles. The number of hydrogen-bond donors (Lipinski definition) is 0. The third-order valence-corrected chi connectivity index (χ3v) is 3.45. The van der Waals surface area contributed by atoms with E-state index in [0.29, 0.717) is 10.9 Å². The summed E-state index contributed by atoms with van der Waals surface area (Å²) < 4.78 is 2.41. The first-order valence-corrected chi connectivity index (χ1v) is 6.28. The molecule has 3 rings (SSSR count). The minimum atomic E-state index is -0.0625. The van der Waals surface area contributed by atoms with Crippen LogP contribution in [0.1, 0.15) is 0 Å². The summed E-state index contributed by atoms with van der Waals surface area (Å²) in [6.07, 6.45) is 1.56. The molecule has 3 nitrogen and oxygen atoms in total. The number of fused-ring (bicyclic) bond motifs is 1. The maximum Gasteiger partial charge on any atom is 0.265 e. The molecule has 0 saturated heterocycles. The van der Waals surface area contributed by atoms with Crippen LogP contribution in [0, 0.1) is 0 Å². The number of hydrogen-bond acceptors (Lipinski definition) is 2. The SMILES string of the molecule is O=c1c2ccccc2ncn1-c1ccccc1Br. The van der Waals surface area contributed by atoms with E-state index >= 15 is 0 Å². The van der Waals surface area contributed by atoms with Crippen molar-refractivity contribution in [2.24, 2.45) is 0 Å². The molecular formula is C14H9BrN2O. The number of nitrogens with zero attached hydrogens (tertiary/aromatic N) is 2. The maximum absolute atomic E-state index is 12.4. The molecule has 0 aliphatic rings. The first-order valence-electron chi connectivity index (χ1n) is 5.49. The molecule has 1 heterocycles. The van der Waals surface area contributed by atoms with Crippen molar-refractivity contribution in [1.29, 1.82) is 0 Å². The molecule has 0 amide bonds. The summed E-state index contributed by atoms with van der Waals surface area (Å²) in [4.78, 5) is 16.7. The lowest BCUT2D eigenvalue weighted by Crippen LogP contribution is -2.19. The lowest BCUT2D eigenvalue weighted by atomic mass is 10.2. The fourth-order valence-electron chi connectivity index (χ4n) is 1.89.